The van der Waals surface area contributed by atoms with E-state index in [9.17, 15) is 4.79 Å². The first-order valence-corrected chi connectivity index (χ1v) is 10.0. The molecule has 3 fully saturated rings. The van der Waals surface area contributed by atoms with E-state index in [1.807, 2.05) is 24.3 Å². The predicted molar refractivity (Wildman–Crippen MR) is 98.4 cm³/mol. The fourth-order valence-corrected chi connectivity index (χ4v) is 6.17. The lowest BCUT2D eigenvalue weighted by Crippen LogP contribution is -2.41. The van der Waals surface area contributed by atoms with Crippen LogP contribution in [0.1, 0.15) is 55.4 Å². The zero-order chi connectivity index (χ0) is 17.6. The van der Waals surface area contributed by atoms with Crippen LogP contribution in [0, 0.1) is 23.2 Å². The number of furan rings is 1. The van der Waals surface area contributed by atoms with E-state index in [0.29, 0.717) is 18.4 Å². The topological polar surface area (TPSA) is 39.4 Å². The zero-order valence-corrected chi connectivity index (χ0v) is 15.2. The molecule has 3 saturated carbocycles. The van der Waals surface area contributed by atoms with Crippen molar-refractivity contribution in [1.82, 2.24) is 0 Å². The summed E-state index contributed by atoms with van der Waals surface area (Å²) in [4.78, 5) is 13.1. The lowest BCUT2D eigenvalue weighted by atomic mass is 9.68. The molecule has 1 aromatic carbocycles. The number of hydrogen-bond donors (Lipinski definition) is 0. The second-order valence-corrected chi connectivity index (χ2v) is 8.47. The number of carbonyl (C=O) groups is 1. The summed E-state index contributed by atoms with van der Waals surface area (Å²) in [5, 5.41) is 0. The number of fused-ring (bicyclic) bond motifs is 5. The Morgan fingerprint density at radius 1 is 1.15 bits per heavy atom. The van der Waals surface area contributed by atoms with Crippen molar-refractivity contribution in [3.8, 4) is 0 Å². The van der Waals surface area contributed by atoms with Crippen LogP contribution in [0.4, 0.5) is 0 Å². The fourth-order valence-electron chi connectivity index (χ4n) is 6.17. The number of ether oxygens (including phenoxy) is 1. The maximum Gasteiger partial charge on any atom is 0.312 e. The molecule has 0 amide bonds. The summed E-state index contributed by atoms with van der Waals surface area (Å²) in [6, 6.07) is 12.3. The van der Waals surface area contributed by atoms with Crippen molar-refractivity contribution in [1.29, 1.82) is 0 Å². The number of benzene rings is 1. The largest absolute Gasteiger partial charge is 0.469 e. The third-order valence-electron chi connectivity index (χ3n) is 7.22. The first kappa shape index (κ1) is 16.2. The molecular formula is C23H26O3. The number of hydrogen-bond acceptors (Lipinski definition) is 3. The van der Waals surface area contributed by atoms with Crippen LogP contribution in [0.15, 0.2) is 47.1 Å². The SMILES string of the molecule is O=C(OCc1coc(Cc2ccccc2)c1)[C@@]12CCC[C@@H]1[C@@H]1CC[C@H]2C1. The molecule has 3 aliphatic rings. The van der Waals surface area contributed by atoms with E-state index in [2.05, 4.69) is 12.1 Å². The van der Waals surface area contributed by atoms with Crippen LogP contribution < -0.4 is 0 Å². The van der Waals surface area contributed by atoms with E-state index in [0.717, 1.165) is 30.1 Å². The van der Waals surface area contributed by atoms with Gasteiger partial charge in [-0.1, -0.05) is 36.8 Å². The van der Waals surface area contributed by atoms with Gasteiger partial charge in [0.1, 0.15) is 12.4 Å². The van der Waals surface area contributed by atoms with Gasteiger partial charge in [-0.25, -0.2) is 0 Å². The maximum atomic E-state index is 13.1. The van der Waals surface area contributed by atoms with E-state index in [-0.39, 0.29) is 11.4 Å². The number of carbonyl (C=O) groups excluding carboxylic acids is 1. The summed E-state index contributed by atoms with van der Waals surface area (Å²) < 4.78 is 11.5. The van der Waals surface area contributed by atoms with Crippen molar-refractivity contribution in [3.63, 3.8) is 0 Å². The highest BCUT2D eigenvalue weighted by molar-refractivity contribution is 5.79. The van der Waals surface area contributed by atoms with Crippen molar-refractivity contribution in [2.45, 2.75) is 51.6 Å². The van der Waals surface area contributed by atoms with E-state index >= 15 is 0 Å². The van der Waals surface area contributed by atoms with E-state index in [1.54, 1.807) is 6.26 Å². The van der Waals surface area contributed by atoms with Gasteiger partial charge in [-0.05, 0) is 61.5 Å². The third kappa shape index (κ3) is 2.52. The fraction of sp³-hybridized carbons (Fsp3) is 0.522. The molecular weight excluding hydrogens is 324 g/mol. The van der Waals surface area contributed by atoms with Gasteiger partial charge in [-0.3, -0.25) is 4.79 Å². The van der Waals surface area contributed by atoms with E-state index < -0.39 is 0 Å². The van der Waals surface area contributed by atoms with Crippen LogP contribution in [0.2, 0.25) is 0 Å². The smallest absolute Gasteiger partial charge is 0.312 e. The van der Waals surface area contributed by atoms with E-state index in [1.165, 1.54) is 37.7 Å². The van der Waals surface area contributed by atoms with Gasteiger partial charge < -0.3 is 9.15 Å². The van der Waals surface area contributed by atoms with Gasteiger partial charge in [-0.15, -0.1) is 0 Å². The Kier molecular flexibility index (Phi) is 3.91. The predicted octanol–water partition coefficient (Wildman–Crippen LogP) is 5.13. The molecule has 4 atom stereocenters. The monoisotopic (exact) mass is 350 g/mol. The Balaban J connectivity index is 1.24. The number of rotatable bonds is 5. The Morgan fingerprint density at radius 3 is 2.92 bits per heavy atom. The maximum absolute atomic E-state index is 13.1. The minimum atomic E-state index is -0.153. The standard InChI is InChI=1S/C23H26O3/c24-22(23-10-4-7-21(23)18-8-9-19(23)13-18)26-15-17-12-20(25-14-17)11-16-5-2-1-3-6-16/h1-3,5-6,12,14,18-19,21H,4,7-11,13,15H2/t18-,19+,21-,23-/m1/s1. The van der Waals surface area contributed by atoms with Crippen LogP contribution in [0.25, 0.3) is 0 Å². The minimum absolute atomic E-state index is 0.0676. The van der Waals surface area contributed by atoms with Crippen molar-refractivity contribution >= 4 is 5.97 Å². The molecule has 0 N–H and O–H groups in total. The first-order valence-electron chi connectivity index (χ1n) is 10.0. The van der Waals surface area contributed by atoms with Crippen LogP contribution in [-0.2, 0) is 22.6 Å². The lowest BCUT2D eigenvalue weighted by molar-refractivity contribution is -0.163. The highest BCUT2D eigenvalue weighted by Gasteiger charge is 2.64. The minimum Gasteiger partial charge on any atom is -0.469 e. The summed E-state index contributed by atoms with van der Waals surface area (Å²) in [5.41, 5.74) is 2.03. The molecule has 0 unspecified atom stereocenters. The second-order valence-electron chi connectivity index (χ2n) is 8.47. The van der Waals surface area contributed by atoms with Crippen molar-refractivity contribution < 1.29 is 13.9 Å². The summed E-state index contributed by atoms with van der Waals surface area (Å²) in [6.45, 7) is 0.336. The van der Waals surface area contributed by atoms with Crippen molar-refractivity contribution in [3.05, 3.63) is 59.5 Å². The molecule has 2 aromatic rings. The molecule has 5 rings (SSSR count). The van der Waals surface area contributed by atoms with Crippen LogP contribution in [0.5, 0.6) is 0 Å². The molecule has 136 valence electrons. The molecule has 0 aliphatic heterocycles. The van der Waals surface area contributed by atoms with Crippen LogP contribution in [0.3, 0.4) is 0 Å². The van der Waals surface area contributed by atoms with Gasteiger partial charge in [0, 0.05) is 12.0 Å². The molecule has 0 radical (unpaired) electrons. The first-order chi connectivity index (χ1) is 12.8. The Morgan fingerprint density at radius 2 is 2.04 bits per heavy atom. The van der Waals surface area contributed by atoms with Crippen molar-refractivity contribution in [2.75, 3.05) is 0 Å². The Labute approximate surface area is 154 Å². The van der Waals surface area contributed by atoms with Crippen molar-refractivity contribution in [2.24, 2.45) is 23.2 Å². The van der Waals surface area contributed by atoms with Gasteiger partial charge >= 0.3 is 5.97 Å². The Bertz CT molecular complexity index is 793. The molecule has 2 bridgehead atoms. The summed E-state index contributed by atoms with van der Waals surface area (Å²) in [7, 11) is 0. The van der Waals surface area contributed by atoms with Gasteiger partial charge in [0.2, 0.25) is 0 Å². The normalized spacial score (nSPS) is 31.9. The summed E-state index contributed by atoms with van der Waals surface area (Å²) in [6.07, 6.45) is 9.77. The van der Waals surface area contributed by atoms with Gasteiger partial charge in [0.25, 0.3) is 0 Å². The quantitative estimate of drug-likeness (QED) is 0.702. The van der Waals surface area contributed by atoms with Crippen LogP contribution in [-0.4, -0.2) is 5.97 Å². The highest BCUT2D eigenvalue weighted by Crippen LogP contribution is 2.66. The second kappa shape index (κ2) is 6.29. The molecule has 26 heavy (non-hydrogen) atoms. The third-order valence-corrected chi connectivity index (χ3v) is 7.22. The number of esters is 1. The lowest BCUT2D eigenvalue weighted by Gasteiger charge is -2.36. The highest BCUT2D eigenvalue weighted by atomic mass is 16.5. The molecule has 0 saturated heterocycles. The molecule has 3 aliphatic carbocycles. The van der Waals surface area contributed by atoms with E-state index in [4.69, 9.17) is 9.15 Å². The van der Waals surface area contributed by atoms with Gasteiger partial charge in [0.15, 0.2) is 0 Å². The average molecular weight is 350 g/mol. The van der Waals surface area contributed by atoms with Crippen LogP contribution >= 0.6 is 0 Å². The zero-order valence-electron chi connectivity index (χ0n) is 15.2. The molecule has 3 nitrogen and oxygen atoms in total. The average Bonchev–Trinajstić information content (AvgIpc) is 3.42. The summed E-state index contributed by atoms with van der Waals surface area (Å²) >= 11 is 0. The molecule has 1 aromatic heterocycles. The molecule has 1 heterocycles. The Hall–Kier alpha value is -2.03. The van der Waals surface area contributed by atoms with Gasteiger partial charge in [0.05, 0.1) is 11.7 Å². The van der Waals surface area contributed by atoms with Gasteiger partial charge in [-0.2, -0.15) is 0 Å². The summed E-state index contributed by atoms with van der Waals surface area (Å²) in [5.74, 6) is 2.93. The molecule has 0 spiro atoms. The molecule has 3 heteroatoms.